The molecule has 3 atom stereocenters. The van der Waals surface area contributed by atoms with Gasteiger partial charge in [-0.1, -0.05) is 25.4 Å². The van der Waals surface area contributed by atoms with Crippen molar-refractivity contribution in [2.45, 2.75) is 45.8 Å². The Labute approximate surface area is 140 Å². The fourth-order valence-corrected chi connectivity index (χ4v) is 4.01. The van der Waals surface area contributed by atoms with Crippen LogP contribution in [-0.4, -0.2) is 25.9 Å². The van der Waals surface area contributed by atoms with Crippen LogP contribution in [0.1, 0.15) is 33.6 Å². The Bertz CT molecular complexity index is 511. The predicted octanol–water partition coefficient (Wildman–Crippen LogP) is 5.12. The summed E-state index contributed by atoms with van der Waals surface area (Å²) in [5, 5.41) is 4.27. The van der Waals surface area contributed by atoms with Crippen LogP contribution in [-0.2, 0) is 4.74 Å². The fraction of sp³-hybridized carbons (Fsp3) is 0.625. The van der Waals surface area contributed by atoms with Crippen molar-refractivity contribution >= 4 is 33.2 Å². The highest BCUT2D eigenvalue weighted by Crippen LogP contribution is 2.48. The van der Waals surface area contributed by atoms with Gasteiger partial charge in [0.2, 0.25) is 0 Å². The minimum absolute atomic E-state index is 0.135. The highest BCUT2D eigenvalue weighted by Gasteiger charge is 2.51. The Morgan fingerprint density at radius 2 is 2.14 bits per heavy atom. The van der Waals surface area contributed by atoms with Crippen LogP contribution < -0.4 is 10.1 Å². The van der Waals surface area contributed by atoms with Gasteiger partial charge in [0.05, 0.1) is 23.4 Å². The van der Waals surface area contributed by atoms with Crippen LogP contribution in [0.4, 0.5) is 5.69 Å². The lowest BCUT2D eigenvalue weighted by Crippen LogP contribution is -2.59. The Hall–Kier alpha value is -0.450. The summed E-state index contributed by atoms with van der Waals surface area (Å²) in [4.78, 5) is 0. The molecule has 1 N–H and O–H groups in total. The first kappa shape index (κ1) is 16.9. The first-order valence-corrected chi connectivity index (χ1v) is 8.54. The lowest BCUT2D eigenvalue weighted by molar-refractivity contribution is -0.109. The average molecular weight is 377 g/mol. The van der Waals surface area contributed by atoms with Crippen LogP contribution in [0.15, 0.2) is 16.6 Å². The van der Waals surface area contributed by atoms with E-state index in [4.69, 9.17) is 21.1 Å². The van der Waals surface area contributed by atoms with Crippen molar-refractivity contribution in [2.75, 3.05) is 19.0 Å². The molecule has 1 saturated carbocycles. The Morgan fingerprint density at radius 1 is 1.43 bits per heavy atom. The fourth-order valence-electron chi connectivity index (χ4n) is 3.04. The molecular weight excluding hydrogens is 354 g/mol. The summed E-state index contributed by atoms with van der Waals surface area (Å²) >= 11 is 9.65. The van der Waals surface area contributed by atoms with E-state index in [2.05, 4.69) is 35.1 Å². The van der Waals surface area contributed by atoms with Crippen molar-refractivity contribution < 1.29 is 9.47 Å². The maximum Gasteiger partial charge on any atom is 0.156 e. The van der Waals surface area contributed by atoms with Gasteiger partial charge in [0, 0.05) is 23.1 Å². The summed E-state index contributed by atoms with van der Waals surface area (Å²) in [5.41, 5.74) is 1.06. The van der Waals surface area contributed by atoms with Crippen molar-refractivity contribution in [3.8, 4) is 5.75 Å². The molecule has 1 aromatic carbocycles. The normalized spacial score (nSPS) is 28.1. The highest BCUT2D eigenvalue weighted by molar-refractivity contribution is 9.10. The molecule has 3 unspecified atom stereocenters. The first-order valence-electron chi connectivity index (χ1n) is 7.37. The zero-order valence-electron chi connectivity index (χ0n) is 13.0. The van der Waals surface area contributed by atoms with E-state index in [1.165, 1.54) is 0 Å². The van der Waals surface area contributed by atoms with Gasteiger partial charge in [-0.3, -0.25) is 0 Å². The van der Waals surface area contributed by atoms with E-state index in [-0.39, 0.29) is 5.41 Å². The summed E-state index contributed by atoms with van der Waals surface area (Å²) in [5.74, 6) is 0.790. The third kappa shape index (κ3) is 3.17. The number of rotatable bonds is 6. The number of anilines is 1. The average Bonchev–Trinajstić information content (AvgIpc) is 2.44. The van der Waals surface area contributed by atoms with Crippen LogP contribution in [0.5, 0.6) is 5.75 Å². The van der Waals surface area contributed by atoms with E-state index < -0.39 is 0 Å². The molecule has 0 spiro atoms. The molecule has 0 bridgehead atoms. The van der Waals surface area contributed by atoms with E-state index in [1.807, 2.05) is 19.1 Å². The van der Waals surface area contributed by atoms with Gasteiger partial charge in [0.25, 0.3) is 0 Å². The second-order valence-electron chi connectivity index (χ2n) is 5.70. The minimum atomic E-state index is 0.135. The van der Waals surface area contributed by atoms with Gasteiger partial charge in [-0.25, -0.2) is 0 Å². The molecule has 1 fully saturated rings. The smallest absolute Gasteiger partial charge is 0.156 e. The van der Waals surface area contributed by atoms with E-state index in [0.29, 0.717) is 17.2 Å². The molecular formula is C16H23BrClNO2. The maximum absolute atomic E-state index is 6.16. The molecule has 0 aliphatic heterocycles. The van der Waals surface area contributed by atoms with Gasteiger partial charge in [-0.05, 0) is 47.8 Å². The molecule has 1 aromatic rings. The van der Waals surface area contributed by atoms with Crippen molar-refractivity contribution in [2.24, 2.45) is 5.41 Å². The standard InChI is InChI=1S/C16H23BrClNO2/c1-5-16(3)13(9-14(16)21-6-2)19-12-8-10(18)7-11(17)15(12)20-4/h7-8,13-14,19H,5-6,9H2,1-4H3. The second-order valence-corrected chi connectivity index (χ2v) is 7.00. The molecule has 3 nitrogen and oxygen atoms in total. The molecule has 21 heavy (non-hydrogen) atoms. The SMILES string of the molecule is CCOC1CC(Nc2cc(Cl)cc(Br)c2OC)C1(C)CC. The third-order valence-electron chi connectivity index (χ3n) is 4.65. The molecule has 0 saturated heterocycles. The monoisotopic (exact) mass is 375 g/mol. The van der Waals surface area contributed by atoms with Gasteiger partial charge in [-0.15, -0.1) is 0 Å². The van der Waals surface area contributed by atoms with Crippen molar-refractivity contribution in [1.29, 1.82) is 0 Å². The lowest BCUT2D eigenvalue weighted by atomic mass is 9.61. The van der Waals surface area contributed by atoms with Gasteiger partial charge in [0.1, 0.15) is 0 Å². The molecule has 5 heteroatoms. The van der Waals surface area contributed by atoms with E-state index in [1.54, 1.807) is 7.11 Å². The molecule has 118 valence electrons. The Balaban J connectivity index is 2.20. The summed E-state index contributed by atoms with van der Waals surface area (Å²) < 4.78 is 12.2. The number of methoxy groups -OCH3 is 1. The largest absolute Gasteiger partial charge is 0.493 e. The van der Waals surface area contributed by atoms with Crippen LogP contribution >= 0.6 is 27.5 Å². The molecule has 0 aromatic heterocycles. The highest BCUT2D eigenvalue weighted by atomic mass is 79.9. The van der Waals surface area contributed by atoms with Crippen molar-refractivity contribution in [3.05, 3.63) is 21.6 Å². The van der Waals surface area contributed by atoms with E-state index in [0.717, 1.165) is 35.4 Å². The number of hydrogen-bond acceptors (Lipinski definition) is 3. The van der Waals surface area contributed by atoms with Gasteiger partial charge in [-0.2, -0.15) is 0 Å². The maximum atomic E-state index is 6.16. The summed E-state index contributed by atoms with van der Waals surface area (Å²) in [6, 6.07) is 4.11. The van der Waals surface area contributed by atoms with Gasteiger partial charge in [0.15, 0.2) is 5.75 Å². The number of nitrogens with one attached hydrogen (secondary N) is 1. The van der Waals surface area contributed by atoms with Crippen LogP contribution in [0, 0.1) is 5.41 Å². The molecule has 1 aliphatic carbocycles. The van der Waals surface area contributed by atoms with Crippen molar-refractivity contribution in [3.63, 3.8) is 0 Å². The summed E-state index contributed by atoms with van der Waals surface area (Å²) in [7, 11) is 1.67. The van der Waals surface area contributed by atoms with E-state index >= 15 is 0 Å². The van der Waals surface area contributed by atoms with E-state index in [9.17, 15) is 0 Å². The Morgan fingerprint density at radius 3 is 2.71 bits per heavy atom. The summed E-state index contributed by atoms with van der Waals surface area (Å²) in [6.45, 7) is 7.30. The van der Waals surface area contributed by atoms with Crippen LogP contribution in [0.2, 0.25) is 5.02 Å². The third-order valence-corrected chi connectivity index (χ3v) is 5.46. The zero-order valence-corrected chi connectivity index (χ0v) is 15.3. The first-order chi connectivity index (χ1) is 9.96. The quantitative estimate of drug-likeness (QED) is 0.747. The predicted molar refractivity (Wildman–Crippen MR) is 91.5 cm³/mol. The summed E-state index contributed by atoms with van der Waals surface area (Å²) in [6.07, 6.45) is 2.39. The van der Waals surface area contributed by atoms with Crippen LogP contribution in [0.3, 0.4) is 0 Å². The van der Waals surface area contributed by atoms with Crippen LogP contribution in [0.25, 0.3) is 0 Å². The lowest BCUT2D eigenvalue weighted by Gasteiger charge is -2.54. The number of halogens is 2. The molecule has 1 aliphatic rings. The van der Waals surface area contributed by atoms with Crippen molar-refractivity contribution in [1.82, 2.24) is 0 Å². The number of hydrogen-bond donors (Lipinski definition) is 1. The number of ether oxygens (including phenoxy) is 2. The Kier molecular flexibility index (Phi) is 5.44. The minimum Gasteiger partial charge on any atom is -0.493 e. The molecule has 2 rings (SSSR count). The molecule has 0 heterocycles. The second kappa shape index (κ2) is 6.76. The van der Waals surface area contributed by atoms with Gasteiger partial charge < -0.3 is 14.8 Å². The van der Waals surface area contributed by atoms with Gasteiger partial charge >= 0.3 is 0 Å². The topological polar surface area (TPSA) is 30.5 Å². The number of benzene rings is 1. The molecule has 0 amide bonds. The zero-order chi connectivity index (χ0) is 15.6. The molecule has 0 radical (unpaired) electrons.